The maximum atomic E-state index is 5.70. The summed E-state index contributed by atoms with van der Waals surface area (Å²) in [6, 6.07) is 0. The molecule has 1 aromatic rings. The van der Waals surface area contributed by atoms with Gasteiger partial charge in [0.15, 0.2) is 16.8 Å². The standard InChI is InChI=1S/C8H16N6S/c1-3-4-15-8-12-6(10)5(9)7(13-8)14(2)11/h3-4,9,11H2,1-2H3,(H2,10,12,13). The number of anilines is 3. The van der Waals surface area contributed by atoms with Gasteiger partial charge in [-0.25, -0.2) is 15.8 Å². The first-order chi connectivity index (χ1) is 7.06. The van der Waals surface area contributed by atoms with Gasteiger partial charge in [0.25, 0.3) is 0 Å². The summed E-state index contributed by atoms with van der Waals surface area (Å²) in [5.41, 5.74) is 11.7. The number of nitrogens with zero attached hydrogens (tertiary/aromatic N) is 3. The number of thioether (sulfide) groups is 1. The lowest BCUT2D eigenvalue weighted by Gasteiger charge is -2.15. The zero-order chi connectivity index (χ0) is 11.4. The van der Waals surface area contributed by atoms with E-state index in [1.165, 1.54) is 16.8 Å². The lowest BCUT2D eigenvalue weighted by atomic mass is 10.4. The fourth-order valence-corrected chi connectivity index (χ4v) is 1.68. The van der Waals surface area contributed by atoms with Crippen LogP contribution in [0.15, 0.2) is 5.16 Å². The summed E-state index contributed by atoms with van der Waals surface area (Å²) < 4.78 is 0. The van der Waals surface area contributed by atoms with Crippen LogP contribution in [0.4, 0.5) is 17.3 Å². The van der Waals surface area contributed by atoms with E-state index >= 15 is 0 Å². The van der Waals surface area contributed by atoms with Crippen molar-refractivity contribution in [3.8, 4) is 0 Å². The molecular formula is C8H16N6S. The topological polar surface area (TPSA) is 107 Å². The van der Waals surface area contributed by atoms with Gasteiger partial charge in [-0.15, -0.1) is 0 Å². The highest BCUT2D eigenvalue weighted by atomic mass is 32.2. The van der Waals surface area contributed by atoms with Gasteiger partial charge in [-0.05, 0) is 6.42 Å². The molecule has 6 nitrogen and oxygen atoms in total. The Bertz CT molecular complexity index is 340. The molecule has 0 fully saturated rings. The van der Waals surface area contributed by atoms with Crippen LogP contribution in [0.1, 0.15) is 13.3 Å². The van der Waals surface area contributed by atoms with Crippen LogP contribution in [-0.2, 0) is 0 Å². The molecule has 0 saturated carbocycles. The van der Waals surface area contributed by atoms with Gasteiger partial charge in [0.1, 0.15) is 5.69 Å². The predicted molar refractivity (Wildman–Crippen MR) is 64.5 cm³/mol. The molecule has 6 N–H and O–H groups in total. The smallest absolute Gasteiger partial charge is 0.191 e. The lowest BCUT2D eigenvalue weighted by Crippen LogP contribution is -2.28. The maximum absolute atomic E-state index is 5.70. The second-order valence-corrected chi connectivity index (χ2v) is 4.15. The van der Waals surface area contributed by atoms with Gasteiger partial charge in [0, 0.05) is 12.8 Å². The number of hydrazine groups is 1. The molecular weight excluding hydrogens is 212 g/mol. The first-order valence-corrected chi connectivity index (χ1v) is 5.59. The summed E-state index contributed by atoms with van der Waals surface area (Å²) in [5, 5.41) is 1.94. The molecule has 84 valence electrons. The highest BCUT2D eigenvalue weighted by molar-refractivity contribution is 7.99. The van der Waals surface area contributed by atoms with Crippen molar-refractivity contribution in [2.75, 3.05) is 29.3 Å². The van der Waals surface area contributed by atoms with Gasteiger partial charge < -0.3 is 11.5 Å². The summed E-state index contributed by atoms with van der Waals surface area (Å²) in [4.78, 5) is 8.29. The molecule has 0 atom stereocenters. The Morgan fingerprint density at radius 2 is 2.00 bits per heavy atom. The molecule has 0 aromatic carbocycles. The van der Waals surface area contributed by atoms with Gasteiger partial charge >= 0.3 is 0 Å². The monoisotopic (exact) mass is 228 g/mol. The van der Waals surface area contributed by atoms with E-state index < -0.39 is 0 Å². The Balaban J connectivity index is 3.00. The third-order valence-electron chi connectivity index (χ3n) is 1.70. The number of rotatable bonds is 4. The van der Waals surface area contributed by atoms with E-state index in [9.17, 15) is 0 Å². The quantitative estimate of drug-likeness (QED) is 0.297. The van der Waals surface area contributed by atoms with Gasteiger partial charge in [0.05, 0.1) is 0 Å². The third kappa shape index (κ3) is 2.87. The van der Waals surface area contributed by atoms with Crippen molar-refractivity contribution in [2.45, 2.75) is 18.5 Å². The normalized spacial score (nSPS) is 10.3. The zero-order valence-corrected chi connectivity index (χ0v) is 9.71. The van der Waals surface area contributed by atoms with Crippen molar-refractivity contribution in [3.63, 3.8) is 0 Å². The van der Waals surface area contributed by atoms with Crippen molar-refractivity contribution < 1.29 is 0 Å². The van der Waals surface area contributed by atoms with Gasteiger partial charge in [0.2, 0.25) is 0 Å². The van der Waals surface area contributed by atoms with Crippen LogP contribution in [-0.4, -0.2) is 22.8 Å². The Hall–Kier alpha value is -1.21. The van der Waals surface area contributed by atoms with Crippen LogP contribution >= 0.6 is 11.8 Å². The molecule has 0 aliphatic carbocycles. The van der Waals surface area contributed by atoms with Crippen molar-refractivity contribution >= 4 is 29.1 Å². The van der Waals surface area contributed by atoms with Gasteiger partial charge in [-0.3, -0.25) is 5.01 Å². The van der Waals surface area contributed by atoms with Crippen LogP contribution in [0.5, 0.6) is 0 Å². The zero-order valence-electron chi connectivity index (χ0n) is 8.90. The molecule has 0 aliphatic heterocycles. The summed E-state index contributed by atoms with van der Waals surface area (Å²) in [5.74, 6) is 7.25. The molecule has 0 aliphatic rings. The molecule has 0 spiro atoms. The Morgan fingerprint density at radius 1 is 1.33 bits per heavy atom. The maximum Gasteiger partial charge on any atom is 0.191 e. The molecule has 1 aromatic heterocycles. The highest BCUT2D eigenvalue weighted by Crippen LogP contribution is 2.26. The number of hydrogen-bond acceptors (Lipinski definition) is 7. The predicted octanol–water partition coefficient (Wildman–Crippen LogP) is 0.453. The van der Waals surface area contributed by atoms with E-state index in [1.54, 1.807) is 7.05 Å². The number of nitrogens with two attached hydrogens (primary N) is 3. The second-order valence-electron chi connectivity index (χ2n) is 3.09. The first-order valence-electron chi connectivity index (χ1n) is 4.60. The summed E-state index contributed by atoms with van der Waals surface area (Å²) in [6.07, 6.45) is 1.05. The highest BCUT2D eigenvalue weighted by Gasteiger charge is 2.11. The van der Waals surface area contributed by atoms with E-state index in [2.05, 4.69) is 16.9 Å². The third-order valence-corrected chi connectivity index (χ3v) is 2.76. The van der Waals surface area contributed by atoms with E-state index in [1.807, 2.05) is 0 Å². The van der Waals surface area contributed by atoms with Crippen LogP contribution < -0.4 is 22.3 Å². The molecule has 0 unspecified atom stereocenters. The Kier molecular flexibility index (Phi) is 3.98. The number of aromatic nitrogens is 2. The molecule has 0 saturated heterocycles. The van der Waals surface area contributed by atoms with E-state index in [0.717, 1.165) is 12.2 Å². The van der Waals surface area contributed by atoms with Crippen LogP contribution in [0.3, 0.4) is 0 Å². The summed E-state index contributed by atoms with van der Waals surface area (Å²) in [7, 11) is 1.66. The first kappa shape index (κ1) is 11.9. The van der Waals surface area contributed by atoms with Crippen LogP contribution in [0.2, 0.25) is 0 Å². The average Bonchev–Trinajstić information content (AvgIpc) is 2.19. The minimum Gasteiger partial charge on any atom is -0.393 e. The van der Waals surface area contributed by atoms with Crippen molar-refractivity contribution in [3.05, 3.63) is 0 Å². The molecule has 0 amide bonds. The molecule has 7 heteroatoms. The molecule has 1 rings (SSSR count). The minimum atomic E-state index is 0.274. The fraction of sp³-hybridized carbons (Fsp3) is 0.500. The Morgan fingerprint density at radius 3 is 2.53 bits per heavy atom. The van der Waals surface area contributed by atoms with Crippen LogP contribution in [0, 0.1) is 0 Å². The minimum absolute atomic E-state index is 0.274. The van der Waals surface area contributed by atoms with Crippen molar-refractivity contribution in [1.29, 1.82) is 0 Å². The lowest BCUT2D eigenvalue weighted by molar-refractivity contribution is 0.904. The number of hydrogen-bond donors (Lipinski definition) is 3. The molecule has 15 heavy (non-hydrogen) atoms. The SMILES string of the molecule is CCCSc1nc(N)c(N)c(N(C)N)n1. The molecule has 0 bridgehead atoms. The average molecular weight is 228 g/mol. The molecule has 1 heterocycles. The fourth-order valence-electron chi connectivity index (χ4n) is 0.980. The van der Waals surface area contributed by atoms with Gasteiger partial charge in [-0.2, -0.15) is 0 Å². The summed E-state index contributed by atoms with van der Waals surface area (Å²) in [6.45, 7) is 2.09. The largest absolute Gasteiger partial charge is 0.393 e. The van der Waals surface area contributed by atoms with Crippen molar-refractivity contribution in [1.82, 2.24) is 9.97 Å². The number of nitrogen functional groups attached to an aromatic ring is 2. The van der Waals surface area contributed by atoms with Crippen LogP contribution in [0.25, 0.3) is 0 Å². The van der Waals surface area contributed by atoms with E-state index in [-0.39, 0.29) is 5.82 Å². The summed E-state index contributed by atoms with van der Waals surface area (Å²) >= 11 is 1.53. The Labute approximate surface area is 93.2 Å². The van der Waals surface area contributed by atoms with Gasteiger partial charge in [-0.1, -0.05) is 18.7 Å². The second kappa shape index (κ2) is 5.04. The van der Waals surface area contributed by atoms with E-state index in [4.69, 9.17) is 17.3 Å². The van der Waals surface area contributed by atoms with Crippen molar-refractivity contribution in [2.24, 2.45) is 5.84 Å². The molecule has 0 radical (unpaired) electrons. The van der Waals surface area contributed by atoms with E-state index in [0.29, 0.717) is 16.7 Å².